The zero-order valence-electron chi connectivity index (χ0n) is 9.81. The first-order valence-electron chi connectivity index (χ1n) is 5.05. The third kappa shape index (κ3) is 3.34. The van der Waals surface area contributed by atoms with E-state index in [-0.39, 0.29) is 27.9 Å². The highest BCUT2D eigenvalue weighted by atomic mass is 35.5. The Kier molecular flexibility index (Phi) is 4.83. The molecule has 1 aromatic heterocycles. The highest BCUT2D eigenvalue weighted by Gasteiger charge is 2.26. The number of aryl methyl sites for hydroxylation is 1. The van der Waals surface area contributed by atoms with Gasteiger partial charge in [0, 0.05) is 19.0 Å². The highest BCUT2D eigenvalue weighted by Crippen LogP contribution is 2.20. The van der Waals surface area contributed by atoms with E-state index in [2.05, 4.69) is 9.82 Å². The lowest BCUT2D eigenvalue weighted by molar-refractivity contribution is 0.476. The fraction of sp³-hybridized carbons (Fsp3) is 0.667. The van der Waals surface area contributed by atoms with Crippen LogP contribution in [0.4, 0.5) is 0 Å². The van der Waals surface area contributed by atoms with Crippen LogP contribution >= 0.6 is 23.2 Å². The molecule has 0 aliphatic heterocycles. The average Bonchev–Trinajstić information content (AvgIpc) is 2.55. The molecule has 0 bridgehead atoms. The number of sulfonamides is 1. The molecule has 1 heterocycles. The number of halogens is 2. The van der Waals surface area contributed by atoms with Crippen LogP contribution in [0.2, 0.25) is 5.02 Å². The maximum Gasteiger partial charge on any atom is 0.259 e. The summed E-state index contributed by atoms with van der Waals surface area (Å²) in [5, 5.41) is 3.84. The lowest BCUT2D eigenvalue weighted by Crippen LogP contribution is -2.40. The highest BCUT2D eigenvalue weighted by molar-refractivity contribution is 7.89. The summed E-state index contributed by atoms with van der Waals surface area (Å²) in [5.41, 5.74) is 0. The molecule has 0 saturated carbocycles. The molecule has 0 amide bonds. The molecule has 0 spiro atoms. The molecule has 8 heteroatoms. The molecular weight excluding hydrogens is 285 g/mol. The second kappa shape index (κ2) is 5.56. The zero-order valence-corrected chi connectivity index (χ0v) is 12.1. The standard InChI is InChI=1S/C9H15Cl2N3O2S/c1-6(2)8(4-10)13-17(15,16)9-7(11)5-12-14(9)3/h5-6,8,13H,4H2,1-3H3. The van der Waals surface area contributed by atoms with Crippen molar-refractivity contribution in [3.63, 3.8) is 0 Å². The minimum absolute atomic E-state index is 0.0464. The maximum absolute atomic E-state index is 12.1. The quantitative estimate of drug-likeness (QED) is 0.840. The van der Waals surface area contributed by atoms with Gasteiger partial charge in [0.05, 0.1) is 11.2 Å². The smallest absolute Gasteiger partial charge is 0.255 e. The van der Waals surface area contributed by atoms with Crippen LogP contribution < -0.4 is 4.72 Å². The lowest BCUT2D eigenvalue weighted by Gasteiger charge is -2.19. The number of aromatic nitrogens is 2. The molecular formula is C9H15Cl2N3O2S. The first kappa shape index (κ1) is 14.8. The summed E-state index contributed by atoms with van der Waals surface area (Å²) in [6, 6.07) is -0.340. The summed E-state index contributed by atoms with van der Waals surface area (Å²) in [6.45, 7) is 3.78. The van der Waals surface area contributed by atoms with E-state index < -0.39 is 10.0 Å². The Labute approximate surface area is 111 Å². The molecule has 1 rings (SSSR count). The van der Waals surface area contributed by atoms with Gasteiger partial charge in [-0.05, 0) is 5.92 Å². The monoisotopic (exact) mass is 299 g/mol. The average molecular weight is 300 g/mol. The summed E-state index contributed by atoms with van der Waals surface area (Å²) in [6.07, 6.45) is 1.29. The van der Waals surface area contributed by atoms with Gasteiger partial charge < -0.3 is 0 Å². The Morgan fingerprint density at radius 3 is 2.47 bits per heavy atom. The van der Waals surface area contributed by atoms with Crippen LogP contribution in [0, 0.1) is 5.92 Å². The van der Waals surface area contributed by atoms with Crippen molar-refractivity contribution < 1.29 is 8.42 Å². The third-order valence-electron chi connectivity index (χ3n) is 2.37. The fourth-order valence-electron chi connectivity index (χ4n) is 1.30. The SMILES string of the molecule is CC(C)C(CCl)NS(=O)(=O)c1c(Cl)cnn1C. The van der Waals surface area contributed by atoms with Crippen LogP contribution in [0.15, 0.2) is 11.2 Å². The van der Waals surface area contributed by atoms with Gasteiger partial charge in [-0.1, -0.05) is 25.4 Å². The Hall–Kier alpha value is -0.300. The van der Waals surface area contributed by atoms with E-state index in [1.807, 2.05) is 13.8 Å². The molecule has 5 nitrogen and oxygen atoms in total. The molecule has 17 heavy (non-hydrogen) atoms. The minimum atomic E-state index is -3.70. The molecule has 1 aromatic rings. The number of hydrogen-bond acceptors (Lipinski definition) is 3. The molecule has 0 aliphatic rings. The normalized spacial score (nSPS) is 14.2. The molecule has 0 fully saturated rings. The Morgan fingerprint density at radius 2 is 2.12 bits per heavy atom. The van der Waals surface area contributed by atoms with E-state index in [9.17, 15) is 8.42 Å². The third-order valence-corrected chi connectivity index (χ3v) is 4.70. The van der Waals surface area contributed by atoms with Gasteiger partial charge in [-0.3, -0.25) is 4.68 Å². The van der Waals surface area contributed by atoms with Crippen LogP contribution in [0.3, 0.4) is 0 Å². The molecule has 1 atom stereocenters. The first-order chi connectivity index (χ1) is 7.79. The summed E-state index contributed by atoms with van der Waals surface area (Å²) in [4.78, 5) is 0. The van der Waals surface area contributed by atoms with Crippen molar-refractivity contribution in [1.29, 1.82) is 0 Å². The van der Waals surface area contributed by atoms with Gasteiger partial charge in [0.2, 0.25) is 0 Å². The molecule has 1 unspecified atom stereocenters. The molecule has 0 aliphatic carbocycles. The number of rotatable bonds is 5. The number of alkyl halides is 1. The van der Waals surface area contributed by atoms with Crippen LogP contribution in [0.5, 0.6) is 0 Å². The van der Waals surface area contributed by atoms with E-state index in [1.54, 1.807) is 0 Å². The Balaban J connectivity index is 3.05. The second-order valence-electron chi connectivity index (χ2n) is 4.05. The predicted molar refractivity (Wildman–Crippen MR) is 67.9 cm³/mol. The number of nitrogens with one attached hydrogen (secondary N) is 1. The van der Waals surface area contributed by atoms with Crippen molar-refractivity contribution in [2.24, 2.45) is 13.0 Å². The van der Waals surface area contributed by atoms with Crippen LogP contribution in [0.25, 0.3) is 0 Å². The second-order valence-corrected chi connectivity index (χ2v) is 6.39. The van der Waals surface area contributed by atoms with Gasteiger partial charge in [-0.15, -0.1) is 11.6 Å². The van der Waals surface area contributed by atoms with E-state index in [1.165, 1.54) is 17.9 Å². The lowest BCUT2D eigenvalue weighted by atomic mass is 10.1. The van der Waals surface area contributed by atoms with Gasteiger partial charge in [0.15, 0.2) is 5.03 Å². The summed E-state index contributed by atoms with van der Waals surface area (Å²) in [5.74, 6) is 0.293. The van der Waals surface area contributed by atoms with Crippen LogP contribution in [0.1, 0.15) is 13.8 Å². The van der Waals surface area contributed by atoms with Crippen LogP contribution in [-0.2, 0) is 17.1 Å². The molecule has 0 radical (unpaired) electrons. The molecule has 0 aromatic carbocycles. The predicted octanol–water partition coefficient (Wildman–Crippen LogP) is 1.62. The van der Waals surface area contributed by atoms with Crippen LogP contribution in [-0.4, -0.2) is 30.1 Å². The Bertz CT molecular complexity index is 465. The van der Waals surface area contributed by atoms with Crippen molar-refractivity contribution in [2.75, 3.05) is 5.88 Å². The van der Waals surface area contributed by atoms with Gasteiger partial charge in [0.1, 0.15) is 0 Å². The van der Waals surface area contributed by atoms with E-state index in [4.69, 9.17) is 23.2 Å². The van der Waals surface area contributed by atoms with E-state index in [0.29, 0.717) is 0 Å². The fourth-order valence-corrected chi connectivity index (χ4v) is 3.87. The van der Waals surface area contributed by atoms with Crippen molar-refractivity contribution in [1.82, 2.24) is 14.5 Å². The summed E-state index contributed by atoms with van der Waals surface area (Å²) < 4.78 is 27.9. The largest absolute Gasteiger partial charge is 0.259 e. The zero-order chi connectivity index (χ0) is 13.2. The summed E-state index contributed by atoms with van der Waals surface area (Å²) >= 11 is 11.5. The molecule has 98 valence electrons. The number of nitrogens with zero attached hydrogens (tertiary/aromatic N) is 2. The Morgan fingerprint density at radius 1 is 1.53 bits per heavy atom. The minimum Gasteiger partial charge on any atom is -0.255 e. The molecule has 0 saturated heterocycles. The first-order valence-corrected chi connectivity index (χ1v) is 7.45. The van der Waals surface area contributed by atoms with Gasteiger partial charge in [-0.2, -0.15) is 5.10 Å². The van der Waals surface area contributed by atoms with Crippen molar-refractivity contribution >= 4 is 33.2 Å². The topological polar surface area (TPSA) is 64.0 Å². The van der Waals surface area contributed by atoms with Gasteiger partial charge >= 0.3 is 0 Å². The van der Waals surface area contributed by atoms with E-state index in [0.717, 1.165) is 0 Å². The summed E-state index contributed by atoms with van der Waals surface area (Å²) in [7, 11) is -2.18. The van der Waals surface area contributed by atoms with Crippen molar-refractivity contribution in [3.8, 4) is 0 Å². The van der Waals surface area contributed by atoms with E-state index >= 15 is 0 Å². The number of hydrogen-bond donors (Lipinski definition) is 1. The van der Waals surface area contributed by atoms with Crippen molar-refractivity contribution in [2.45, 2.75) is 24.9 Å². The van der Waals surface area contributed by atoms with Gasteiger partial charge in [0.25, 0.3) is 10.0 Å². The maximum atomic E-state index is 12.1. The van der Waals surface area contributed by atoms with Gasteiger partial charge in [-0.25, -0.2) is 13.1 Å². The van der Waals surface area contributed by atoms with Crippen molar-refractivity contribution in [3.05, 3.63) is 11.2 Å². The molecule has 1 N–H and O–H groups in total.